The van der Waals surface area contributed by atoms with Crippen LogP contribution in [0, 0.1) is 13.8 Å². The van der Waals surface area contributed by atoms with Crippen LogP contribution in [0.5, 0.6) is 11.5 Å². The zero-order valence-corrected chi connectivity index (χ0v) is 19.4. The smallest absolute Gasteiger partial charge is 0.262 e. The van der Waals surface area contributed by atoms with Gasteiger partial charge < -0.3 is 14.8 Å². The van der Waals surface area contributed by atoms with Crippen LogP contribution in [-0.2, 0) is 11.3 Å². The third kappa shape index (κ3) is 6.32. The average Bonchev–Trinajstić information content (AvgIpc) is 3.19. The largest absolute Gasteiger partial charge is 0.490 e. The fourth-order valence-corrected chi connectivity index (χ4v) is 3.26. The summed E-state index contributed by atoms with van der Waals surface area (Å²) < 4.78 is 13.2. The molecule has 3 rings (SSSR count). The van der Waals surface area contributed by atoms with Crippen LogP contribution in [0.25, 0.3) is 6.08 Å². The molecule has 0 saturated heterocycles. The number of aryl methyl sites for hydroxylation is 2. The molecule has 0 bridgehead atoms. The van der Waals surface area contributed by atoms with Crippen molar-refractivity contribution in [2.45, 2.75) is 34.2 Å². The Morgan fingerprint density at radius 2 is 1.79 bits per heavy atom. The molecule has 2 aromatic carbocycles. The maximum Gasteiger partial charge on any atom is 0.262 e. The van der Waals surface area contributed by atoms with Crippen LogP contribution in [0.2, 0.25) is 0 Å². The third-order valence-electron chi connectivity index (χ3n) is 5.06. The van der Waals surface area contributed by atoms with Gasteiger partial charge in [-0.2, -0.15) is 5.10 Å². The van der Waals surface area contributed by atoms with E-state index in [9.17, 15) is 9.59 Å². The molecule has 1 aromatic heterocycles. The van der Waals surface area contributed by atoms with Crippen LogP contribution in [0.1, 0.15) is 41.0 Å². The number of hydrogen-bond acceptors (Lipinski definition) is 5. The van der Waals surface area contributed by atoms with Gasteiger partial charge in [0.05, 0.1) is 18.4 Å². The maximum atomic E-state index is 12.6. The average molecular weight is 448 g/mol. The fraction of sp³-hybridized carbons (Fsp3) is 0.269. The normalized spacial score (nSPS) is 10.9. The van der Waals surface area contributed by atoms with Gasteiger partial charge in [0, 0.05) is 17.9 Å². The van der Waals surface area contributed by atoms with E-state index in [0.717, 1.165) is 16.8 Å². The Bertz CT molecular complexity index is 1150. The molecule has 0 radical (unpaired) electrons. The van der Waals surface area contributed by atoms with Gasteiger partial charge in [-0.25, -0.2) is 0 Å². The SMILES string of the molecule is CCOc1cc(/C=C/C(=O)c2cnn(CC)c2C)ccc1OCC(=O)Nc1ccc(C)cc1. The fourth-order valence-electron chi connectivity index (χ4n) is 3.26. The lowest BCUT2D eigenvalue weighted by molar-refractivity contribution is -0.118. The van der Waals surface area contributed by atoms with E-state index in [1.807, 2.05) is 58.0 Å². The Hall–Kier alpha value is -3.87. The molecule has 0 spiro atoms. The van der Waals surface area contributed by atoms with Crippen molar-refractivity contribution in [3.05, 3.63) is 77.1 Å². The molecule has 7 nitrogen and oxygen atoms in total. The Morgan fingerprint density at radius 3 is 2.45 bits per heavy atom. The summed E-state index contributed by atoms with van der Waals surface area (Å²) in [5.41, 5.74) is 4.04. The first-order valence-electron chi connectivity index (χ1n) is 10.9. The lowest BCUT2D eigenvalue weighted by Crippen LogP contribution is -2.20. The zero-order chi connectivity index (χ0) is 23.8. The molecule has 1 heterocycles. The van der Waals surface area contributed by atoms with Crippen molar-refractivity contribution >= 4 is 23.5 Å². The molecule has 1 amide bonds. The predicted molar refractivity (Wildman–Crippen MR) is 129 cm³/mol. The number of ketones is 1. The van der Waals surface area contributed by atoms with Crippen molar-refractivity contribution in [1.29, 1.82) is 0 Å². The molecule has 33 heavy (non-hydrogen) atoms. The first-order valence-corrected chi connectivity index (χ1v) is 10.9. The summed E-state index contributed by atoms with van der Waals surface area (Å²) in [6.45, 7) is 8.72. The van der Waals surface area contributed by atoms with Crippen LogP contribution >= 0.6 is 0 Å². The van der Waals surface area contributed by atoms with Crippen LogP contribution in [0.3, 0.4) is 0 Å². The highest BCUT2D eigenvalue weighted by Gasteiger charge is 2.12. The maximum absolute atomic E-state index is 12.6. The number of carbonyl (C=O) groups is 2. The van der Waals surface area contributed by atoms with Crippen molar-refractivity contribution < 1.29 is 19.1 Å². The van der Waals surface area contributed by atoms with E-state index in [1.54, 1.807) is 29.1 Å². The van der Waals surface area contributed by atoms with Crippen molar-refractivity contribution in [3.8, 4) is 11.5 Å². The number of hydrogen-bond donors (Lipinski definition) is 1. The number of rotatable bonds is 10. The zero-order valence-electron chi connectivity index (χ0n) is 19.4. The first-order chi connectivity index (χ1) is 15.9. The van der Waals surface area contributed by atoms with Crippen LogP contribution in [0.4, 0.5) is 5.69 Å². The molecule has 172 valence electrons. The van der Waals surface area contributed by atoms with Gasteiger partial charge in [-0.1, -0.05) is 29.8 Å². The molecule has 1 N–H and O–H groups in total. The predicted octanol–water partition coefficient (Wildman–Crippen LogP) is 4.83. The molecule has 0 aliphatic heterocycles. The number of anilines is 1. The Labute approximate surface area is 194 Å². The van der Waals surface area contributed by atoms with Crippen LogP contribution < -0.4 is 14.8 Å². The molecular weight excluding hydrogens is 418 g/mol. The van der Waals surface area contributed by atoms with E-state index in [2.05, 4.69) is 10.4 Å². The molecule has 7 heteroatoms. The van der Waals surface area contributed by atoms with Gasteiger partial charge in [0.25, 0.3) is 5.91 Å². The second-order valence-corrected chi connectivity index (χ2v) is 7.50. The Morgan fingerprint density at radius 1 is 1.03 bits per heavy atom. The van der Waals surface area contributed by atoms with Gasteiger partial charge in [-0.3, -0.25) is 14.3 Å². The molecular formula is C26H29N3O4. The highest BCUT2D eigenvalue weighted by molar-refractivity contribution is 6.07. The molecule has 3 aromatic rings. The summed E-state index contributed by atoms with van der Waals surface area (Å²) in [4.78, 5) is 24.8. The molecule has 0 saturated carbocycles. The minimum atomic E-state index is -0.265. The van der Waals surface area contributed by atoms with E-state index in [0.29, 0.717) is 35.9 Å². The van der Waals surface area contributed by atoms with Crippen molar-refractivity contribution in [3.63, 3.8) is 0 Å². The summed E-state index contributed by atoms with van der Waals surface area (Å²) in [5.74, 6) is 0.585. The van der Waals surface area contributed by atoms with E-state index in [-0.39, 0.29) is 18.3 Å². The van der Waals surface area contributed by atoms with E-state index in [1.165, 1.54) is 6.08 Å². The van der Waals surface area contributed by atoms with Gasteiger partial charge in [-0.05, 0) is 63.6 Å². The Balaban J connectivity index is 1.66. The van der Waals surface area contributed by atoms with Crippen LogP contribution in [0.15, 0.2) is 54.7 Å². The molecule has 0 atom stereocenters. The van der Waals surface area contributed by atoms with Crippen molar-refractivity contribution in [2.24, 2.45) is 0 Å². The number of nitrogens with zero attached hydrogens (tertiary/aromatic N) is 2. The van der Waals surface area contributed by atoms with Gasteiger partial charge in [0.2, 0.25) is 0 Å². The first kappa shape index (κ1) is 23.8. The van der Waals surface area contributed by atoms with E-state index in [4.69, 9.17) is 9.47 Å². The standard InChI is InChI=1S/C26H29N3O4/c1-5-29-19(4)22(16-27-29)23(30)13-9-20-10-14-24(25(15-20)32-6-2)33-17-26(31)28-21-11-7-18(3)8-12-21/h7-16H,5-6,17H2,1-4H3,(H,28,31)/b13-9+. The Kier molecular flexibility index (Phi) is 8.02. The lowest BCUT2D eigenvalue weighted by Gasteiger charge is -2.13. The quantitative estimate of drug-likeness (QED) is 0.355. The number of benzene rings is 2. The van der Waals surface area contributed by atoms with Crippen molar-refractivity contribution in [2.75, 3.05) is 18.5 Å². The number of allylic oxidation sites excluding steroid dienone is 1. The lowest BCUT2D eigenvalue weighted by atomic mass is 10.1. The van der Waals surface area contributed by atoms with Crippen LogP contribution in [-0.4, -0.2) is 34.7 Å². The minimum absolute atomic E-state index is 0.113. The molecule has 0 fully saturated rings. The minimum Gasteiger partial charge on any atom is -0.490 e. The van der Waals surface area contributed by atoms with Gasteiger partial charge >= 0.3 is 0 Å². The summed E-state index contributed by atoms with van der Waals surface area (Å²) in [6.07, 6.45) is 4.84. The highest BCUT2D eigenvalue weighted by Crippen LogP contribution is 2.29. The van der Waals surface area contributed by atoms with Gasteiger partial charge in [-0.15, -0.1) is 0 Å². The summed E-state index contributed by atoms with van der Waals surface area (Å²) in [6, 6.07) is 12.9. The van der Waals surface area contributed by atoms with E-state index >= 15 is 0 Å². The second kappa shape index (κ2) is 11.1. The molecule has 0 aliphatic carbocycles. The monoisotopic (exact) mass is 447 g/mol. The third-order valence-corrected chi connectivity index (χ3v) is 5.06. The van der Waals surface area contributed by atoms with Gasteiger partial charge in [0.15, 0.2) is 23.9 Å². The summed E-state index contributed by atoms with van der Waals surface area (Å²) >= 11 is 0. The van der Waals surface area contributed by atoms with E-state index < -0.39 is 0 Å². The number of ether oxygens (including phenoxy) is 2. The number of nitrogens with one attached hydrogen (secondary N) is 1. The van der Waals surface area contributed by atoms with Gasteiger partial charge in [0.1, 0.15) is 0 Å². The van der Waals surface area contributed by atoms with Crippen molar-refractivity contribution in [1.82, 2.24) is 9.78 Å². The molecule has 0 aliphatic rings. The molecule has 0 unspecified atom stereocenters. The number of aromatic nitrogens is 2. The second-order valence-electron chi connectivity index (χ2n) is 7.50. The summed E-state index contributed by atoms with van der Waals surface area (Å²) in [5, 5.41) is 7.02. The number of amides is 1. The highest BCUT2D eigenvalue weighted by atomic mass is 16.5. The topological polar surface area (TPSA) is 82.4 Å². The summed E-state index contributed by atoms with van der Waals surface area (Å²) in [7, 11) is 0. The number of carbonyl (C=O) groups excluding carboxylic acids is 2.